The molecule has 0 saturated carbocycles. The van der Waals surface area contributed by atoms with Gasteiger partial charge in [0.25, 0.3) is 0 Å². The minimum absolute atomic E-state index is 0.0498. The lowest BCUT2D eigenvalue weighted by Gasteiger charge is -2.42. The maximum absolute atomic E-state index is 2.64. The summed E-state index contributed by atoms with van der Waals surface area (Å²) in [5, 5.41) is 7.80. The first-order valence-electron chi connectivity index (χ1n) is 19.8. The topological polar surface area (TPSA) is 8.17 Å². The fourth-order valence-electron chi connectivity index (χ4n) is 10.2. The van der Waals surface area contributed by atoms with Gasteiger partial charge in [0.2, 0.25) is 0 Å². The Morgan fingerprint density at radius 3 is 2.05 bits per heavy atom. The number of aromatic nitrogens is 1. The van der Waals surface area contributed by atoms with E-state index in [0.29, 0.717) is 0 Å². The number of para-hydroxylation sites is 1. The van der Waals surface area contributed by atoms with Crippen LogP contribution in [-0.2, 0) is 0 Å². The Balaban J connectivity index is 1.28. The van der Waals surface area contributed by atoms with Crippen LogP contribution in [-0.4, -0.2) is 11.4 Å². The molecule has 0 radical (unpaired) electrons. The van der Waals surface area contributed by atoms with Crippen LogP contribution in [0.25, 0.3) is 91.8 Å². The van der Waals surface area contributed by atoms with Gasteiger partial charge in [-0.15, -0.1) is 11.3 Å². The number of rotatable bonds is 3. The van der Waals surface area contributed by atoms with Gasteiger partial charge in [0, 0.05) is 53.6 Å². The Morgan fingerprint density at radius 2 is 1.19 bits per heavy atom. The lowest BCUT2D eigenvalue weighted by molar-refractivity contribution is 1.19. The van der Waals surface area contributed by atoms with Gasteiger partial charge in [-0.05, 0) is 105 Å². The van der Waals surface area contributed by atoms with Crippen molar-refractivity contribution in [3.8, 4) is 39.1 Å². The molecule has 11 aromatic rings. The van der Waals surface area contributed by atoms with E-state index < -0.39 is 0 Å². The van der Waals surface area contributed by atoms with E-state index in [4.69, 9.17) is 0 Å². The monoisotopic (exact) mass is 740 g/mol. The minimum atomic E-state index is -0.0498. The summed E-state index contributed by atoms with van der Waals surface area (Å²) in [5.74, 6) is 0. The summed E-state index contributed by atoms with van der Waals surface area (Å²) in [5.41, 5.74) is 17.8. The number of benzene rings is 9. The van der Waals surface area contributed by atoms with Crippen molar-refractivity contribution in [2.45, 2.75) is 6.92 Å². The molecule has 2 aliphatic rings. The average Bonchev–Trinajstić information content (AvgIpc) is 3.82. The fourth-order valence-corrected chi connectivity index (χ4v) is 11.3. The molecule has 2 aliphatic heterocycles. The normalized spacial score (nSPS) is 12.9. The molecule has 2 nitrogen and oxygen atoms in total. The van der Waals surface area contributed by atoms with Crippen LogP contribution in [0.5, 0.6) is 0 Å². The summed E-state index contributed by atoms with van der Waals surface area (Å²) in [6.45, 7) is 2.13. The molecule has 13 rings (SSSR count). The van der Waals surface area contributed by atoms with Crippen molar-refractivity contribution >= 4 is 93.2 Å². The molecule has 4 heterocycles. The molecule has 0 fully saturated rings. The standard InChI is InChI=1S/C53H33BN2S/c1-32-23-26-35(27-24-32)56-45-21-11-9-19-39(45)43-29-42(38-18-8-7-16-36(38)33-13-3-2-4-14-33)51-50-37-17-6-5-15-34(37)25-28-46(50)55-47-30-41-40-20-10-12-22-48(40)57-49(41)31-44(47)54(56)52(43)53(51)55/h2-31H,1H3. The number of anilines is 2. The van der Waals surface area contributed by atoms with Crippen molar-refractivity contribution in [1.82, 2.24) is 4.57 Å². The van der Waals surface area contributed by atoms with E-state index in [0.717, 1.165) is 0 Å². The van der Waals surface area contributed by atoms with Crippen molar-refractivity contribution in [3.63, 3.8) is 0 Å². The van der Waals surface area contributed by atoms with Crippen molar-refractivity contribution in [1.29, 1.82) is 0 Å². The summed E-state index contributed by atoms with van der Waals surface area (Å²) in [7, 11) is 0. The molecule has 0 N–H and O–H groups in total. The van der Waals surface area contributed by atoms with Gasteiger partial charge in [-0.25, -0.2) is 0 Å². The van der Waals surface area contributed by atoms with Gasteiger partial charge in [0.15, 0.2) is 0 Å². The van der Waals surface area contributed by atoms with Crippen LogP contribution in [0.2, 0.25) is 0 Å². The molecule has 57 heavy (non-hydrogen) atoms. The van der Waals surface area contributed by atoms with Gasteiger partial charge >= 0.3 is 6.85 Å². The van der Waals surface area contributed by atoms with Crippen molar-refractivity contribution in [3.05, 3.63) is 188 Å². The highest BCUT2D eigenvalue weighted by atomic mass is 32.1. The Kier molecular flexibility index (Phi) is 6.37. The molecule has 9 aromatic carbocycles. The highest BCUT2D eigenvalue weighted by Crippen LogP contribution is 2.51. The zero-order valence-corrected chi connectivity index (χ0v) is 32.0. The van der Waals surface area contributed by atoms with Gasteiger partial charge in [-0.1, -0.05) is 139 Å². The largest absolute Gasteiger partial charge is 0.376 e. The predicted octanol–water partition coefficient (Wildman–Crippen LogP) is 13.2. The molecule has 2 aromatic heterocycles. The molecule has 0 saturated heterocycles. The first-order chi connectivity index (χ1) is 28.2. The van der Waals surface area contributed by atoms with Crippen molar-refractivity contribution in [2.24, 2.45) is 0 Å². The molecule has 4 heteroatoms. The summed E-state index contributed by atoms with van der Waals surface area (Å²) in [4.78, 5) is 2.63. The van der Waals surface area contributed by atoms with Crippen LogP contribution in [0.4, 0.5) is 11.4 Å². The SMILES string of the molecule is Cc1ccc(N2B3c4cc5sc6ccccc6c5cc4-n4c5ccc6ccccc6c5c5c(-c6ccccc6-c6ccccc6)cc(c3c54)-c3ccccc32)cc1. The number of hydrogen-bond donors (Lipinski definition) is 0. The van der Waals surface area contributed by atoms with E-state index in [2.05, 4.69) is 198 Å². The molecule has 0 spiro atoms. The van der Waals surface area contributed by atoms with Crippen LogP contribution in [0.1, 0.15) is 5.56 Å². The minimum Gasteiger partial charge on any atom is -0.376 e. The lowest BCUT2D eigenvalue weighted by Crippen LogP contribution is -2.60. The fraction of sp³-hybridized carbons (Fsp3) is 0.0189. The third-order valence-corrected chi connectivity index (χ3v) is 13.8. The molecule has 0 bridgehead atoms. The molecular formula is C53H33BN2S. The Hall–Kier alpha value is -6.88. The highest BCUT2D eigenvalue weighted by Gasteiger charge is 2.45. The Labute approximate surface area is 334 Å². The highest BCUT2D eigenvalue weighted by molar-refractivity contribution is 7.26. The number of thiophene rings is 1. The van der Waals surface area contributed by atoms with Gasteiger partial charge in [0.1, 0.15) is 0 Å². The van der Waals surface area contributed by atoms with Gasteiger partial charge in [0.05, 0.1) is 11.0 Å². The zero-order valence-electron chi connectivity index (χ0n) is 31.2. The lowest BCUT2D eigenvalue weighted by atomic mass is 9.43. The average molecular weight is 741 g/mol. The molecule has 0 unspecified atom stereocenters. The summed E-state index contributed by atoms with van der Waals surface area (Å²) < 4.78 is 5.30. The number of nitrogens with zero attached hydrogens (tertiary/aromatic N) is 2. The number of fused-ring (bicyclic) bond motifs is 13. The second kappa shape index (κ2) is 11.6. The first kappa shape index (κ1) is 31.3. The zero-order chi connectivity index (χ0) is 37.4. The first-order valence-corrected chi connectivity index (χ1v) is 20.6. The summed E-state index contributed by atoms with van der Waals surface area (Å²) in [6, 6.07) is 68.3. The van der Waals surface area contributed by atoms with Crippen LogP contribution < -0.4 is 15.7 Å². The molecule has 0 atom stereocenters. The molecule has 0 amide bonds. The van der Waals surface area contributed by atoms with Crippen LogP contribution in [0.15, 0.2) is 182 Å². The van der Waals surface area contributed by atoms with E-state index in [-0.39, 0.29) is 6.85 Å². The maximum Gasteiger partial charge on any atom is 0.333 e. The van der Waals surface area contributed by atoms with E-state index in [1.54, 1.807) is 0 Å². The maximum atomic E-state index is 2.64. The quantitative estimate of drug-likeness (QED) is 0.164. The van der Waals surface area contributed by atoms with Gasteiger partial charge < -0.3 is 9.38 Å². The van der Waals surface area contributed by atoms with Crippen LogP contribution >= 0.6 is 11.3 Å². The van der Waals surface area contributed by atoms with Gasteiger partial charge in [-0.3, -0.25) is 0 Å². The third-order valence-electron chi connectivity index (χ3n) is 12.6. The second-order valence-electron chi connectivity index (χ2n) is 15.7. The Bertz CT molecular complexity index is 3490. The van der Waals surface area contributed by atoms with Crippen molar-refractivity contribution < 1.29 is 0 Å². The smallest absolute Gasteiger partial charge is 0.333 e. The molecular weight excluding hydrogens is 707 g/mol. The number of hydrogen-bond acceptors (Lipinski definition) is 2. The third kappa shape index (κ3) is 4.25. The Morgan fingerprint density at radius 1 is 0.474 bits per heavy atom. The summed E-state index contributed by atoms with van der Waals surface area (Å²) >= 11 is 1.91. The van der Waals surface area contributed by atoms with E-state index in [1.165, 1.54) is 120 Å². The molecule has 0 aliphatic carbocycles. The number of aryl methyl sites for hydroxylation is 1. The predicted molar refractivity (Wildman–Crippen MR) is 246 cm³/mol. The van der Waals surface area contributed by atoms with Crippen LogP contribution in [0.3, 0.4) is 0 Å². The van der Waals surface area contributed by atoms with Gasteiger partial charge in [-0.2, -0.15) is 0 Å². The van der Waals surface area contributed by atoms with E-state index in [1.807, 2.05) is 11.3 Å². The van der Waals surface area contributed by atoms with E-state index >= 15 is 0 Å². The van der Waals surface area contributed by atoms with E-state index in [9.17, 15) is 0 Å². The second-order valence-corrected chi connectivity index (χ2v) is 16.8. The molecule has 264 valence electrons. The van der Waals surface area contributed by atoms with Crippen LogP contribution in [0, 0.1) is 6.92 Å². The van der Waals surface area contributed by atoms with Crippen molar-refractivity contribution in [2.75, 3.05) is 4.81 Å². The summed E-state index contributed by atoms with van der Waals surface area (Å²) in [6.07, 6.45) is 0.